The quantitative estimate of drug-likeness (QED) is 0.540. The summed E-state index contributed by atoms with van der Waals surface area (Å²) in [5, 5.41) is 14.1. The van der Waals surface area contributed by atoms with Crippen LogP contribution in [0.15, 0.2) is 42.5 Å². The molecule has 1 N–H and O–H groups in total. The van der Waals surface area contributed by atoms with E-state index < -0.39 is 16.7 Å². The SMILES string of the molecule is CCN(CC(=O)Nc1ccccc1OC)C(=O)c1ccc(N(C)C)c([N+](=O)[O-])c1. The first-order valence-electron chi connectivity index (χ1n) is 8.96. The highest BCUT2D eigenvalue weighted by molar-refractivity contribution is 6.00. The van der Waals surface area contributed by atoms with E-state index in [0.29, 0.717) is 17.1 Å². The van der Waals surface area contributed by atoms with Crippen molar-refractivity contribution in [2.45, 2.75) is 6.92 Å². The average molecular weight is 400 g/mol. The van der Waals surface area contributed by atoms with Crippen LogP contribution in [-0.4, -0.2) is 55.9 Å². The summed E-state index contributed by atoms with van der Waals surface area (Å²) in [7, 11) is 4.87. The average Bonchev–Trinajstić information content (AvgIpc) is 2.71. The van der Waals surface area contributed by atoms with Crippen LogP contribution in [0.5, 0.6) is 5.75 Å². The van der Waals surface area contributed by atoms with Crippen molar-refractivity contribution in [3.8, 4) is 5.75 Å². The molecule has 2 rings (SSSR count). The van der Waals surface area contributed by atoms with Crippen LogP contribution in [0, 0.1) is 10.1 Å². The Hall–Kier alpha value is -3.62. The van der Waals surface area contributed by atoms with Gasteiger partial charge in [0.2, 0.25) is 5.91 Å². The molecule has 0 aliphatic rings. The minimum atomic E-state index is -0.531. The fourth-order valence-electron chi connectivity index (χ4n) is 2.80. The van der Waals surface area contributed by atoms with Crippen LogP contribution in [0.4, 0.5) is 17.1 Å². The first kappa shape index (κ1) is 21.7. The zero-order valence-electron chi connectivity index (χ0n) is 16.8. The van der Waals surface area contributed by atoms with Crippen molar-refractivity contribution in [1.29, 1.82) is 0 Å². The highest BCUT2D eigenvalue weighted by Crippen LogP contribution is 2.28. The minimum Gasteiger partial charge on any atom is -0.495 e. The van der Waals surface area contributed by atoms with Crippen molar-refractivity contribution in [2.75, 3.05) is 44.5 Å². The number of nitrogens with zero attached hydrogens (tertiary/aromatic N) is 3. The highest BCUT2D eigenvalue weighted by atomic mass is 16.6. The number of carbonyl (C=O) groups excluding carboxylic acids is 2. The number of hydrogen-bond donors (Lipinski definition) is 1. The lowest BCUT2D eigenvalue weighted by atomic mass is 10.1. The van der Waals surface area contributed by atoms with Crippen LogP contribution in [0.1, 0.15) is 17.3 Å². The number of methoxy groups -OCH3 is 1. The second-order valence-corrected chi connectivity index (χ2v) is 6.42. The van der Waals surface area contributed by atoms with Gasteiger partial charge in [-0.2, -0.15) is 0 Å². The van der Waals surface area contributed by atoms with Crippen LogP contribution in [-0.2, 0) is 4.79 Å². The van der Waals surface area contributed by atoms with E-state index in [1.807, 2.05) is 0 Å². The number of hydrogen-bond acceptors (Lipinski definition) is 6. The van der Waals surface area contributed by atoms with E-state index in [4.69, 9.17) is 4.74 Å². The second-order valence-electron chi connectivity index (χ2n) is 6.42. The van der Waals surface area contributed by atoms with Gasteiger partial charge in [-0.05, 0) is 31.2 Å². The van der Waals surface area contributed by atoms with Crippen molar-refractivity contribution in [2.24, 2.45) is 0 Å². The van der Waals surface area contributed by atoms with E-state index in [0.717, 1.165) is 0 Å². The van der Waals surface area contributed by atoms with Gasteiger partial charge in [0.15, 0.2) is 0 Å². The van der Waals surface area contributed by atoms with Crippen molar-refractivity contribution in [3.05, 3.63) is 58.1 Å². The highest BCUT2D eigenvalue weighted by Gasteiger charge is 2.23. The summed E-state index contributed by atoms with van der Waals surface area (Å²) < 4.78 is 5.20. The fraction of sp³-hybridized carbons (Fsp3) is 0.300. The molecule has 0 aliphatic heterocycles. The molecule has 0 fully saturated rings. The van der Waals surface area contributed by atoms with Gasteiger partial charge in [-0.25, -0.2) is 0 Å². The number of nitro groups is 1. The Labute approximate surface area is 169 Å². The monoisotopic (exact) mass is 400 g/mol. The predicted octanol–water partition coefficient (Wildman–Crippen LogP) is 2.77. The zero-order chi connectivity index (χ0) is 21.6. The number of likely N-dealkylation sites (N-methyl/N-ethyl adjacent to an activating group) is 1. The number of anilines is 2. The second kappa shape index (κ2) is 9.54. The summed E-state index contributed by atoms with van der Waals surface area (Å²) in [5.41, 5.74) is 0.864. The number of amides is 2. The van der Waals surface area contributed by atoms with Gasteiger partial charge in [0.1, 0.15) is 18.0 Å². The van der Waals surface area contributed by atoms with E-state index in [9.17, 15) is 19.7 Å². The predicted molar refractivity (Wildman–Crippen MR) is 111 cm³/mol. The molecule has 0 saturated heterocycles. The first-order valence-corrected chi connectivity index (χ1v) is 8.96. The van der Waals surface area contributed by atoms with Gasteiger partial charge in [-0.3, -0.25) is 19.7 Å². The number of rotatable bonds is 8. The number of benzene rings is 2. The summed E-state index contributed by atoms with van der Waals surface area (Å²) in [6.45, 7) is 1.80. The Balaban J connectivity index is 2.19. The number of nitro benzene ring substituents is 1. The molecule has 154 valence electrons. The molecule has 9 nitrogen and oxygen atoms in total. The maximum atomic E-state index is 12.8. The number of carbonyl (C=O) groups is 2. The van der Waals surface area contributed by atoms with E-state index in [-0.39, 0.29) is 24.3 Å². The van der Waals surface area contributed by atoms with Crippen molar-refractivity contribution < 1.29 is 19.2 Å². The van der Waals surface area contributed by atoms with E-state index in [1.165, 1.54) is 30.2 Å². The fourth-order valence-corrected chi connectivity index (χ4v) is 2.80. The largest absolute Gasteiger partial charge is 0.495 e. The number of para-hydroxylation sites is 2. The van der Waals surface area contributed by atoms with Gasteiger partial charge >= 0.3 is 0 Å². The molecule has 0 bridgehead atoms. The third kappa shape index (κ3) is 5.22. The van der Waals surface area contributed by atoms with Crippen LogP contribution in [0.2, 0.25) is 0 Å². The molecule has 0 aliphatic carbocycles. The lowest BCUT2D eigenvalue weighted by Gasteiger charge is -2.21. The summed E-state index contributed by atoms with van der Waals surface area (Å²) >= 11 is 0. The molecule has 2 amide bonds. The number of nitrogens with one attached hydrogen (secondary N) is 1. The van der Waals surface area contributed by atoms with Crippen LogP contribution in [0.25, 0.3) is 0 Å². The molecular formula is C20H24N4O5. The zero-order valence-corrected chi connectivity index (χ0v) is 16.8. The van der Waals surface area contributed by atoms with Gasteiger partial charge < -0.3 is 19.9 Å². The molecule has 2 aromatic rings. The standard InChI is InChI=1S/C20H24N4O5/c1-5-23(13-19(25)21-15-8-6-7-9-18(15)29-4)20(26)14-10-11-16(22(2)3)17(12-14)24(27)28/h6-12H,5,13H2,1-4H3,(H,21,25). The Bertz CT molecular complexity index is 913. The van der Waals surface area contributed by atoms with E-state index in [2.05, 4.69) is 5.32 Å². The molecule has 0 saturated carbocycles. The maximum absolute atomic E-state index is 12.8. The van der Waals surface area contributed by atoms with Crippen molar-refractivity contribution in [1.82, 2.24) is 4.90 Å². The van der Waals surface area contributed by atoms with Crippen LogP contribution < -0.4 is 15.0 Å². The molecule has 2 aromatic carbocycles. The Morgan fingerprint density at radius 3 is 2.45 bits per heavy atom. The summed E-state index contributed by atoms with van der Waals surface area (Å²) in [6.07, 6.45) is 0. The van der Waals surface area contributed by atoms with Gasteiger partial charge in [0, 0.05) is 32.3 Å². The summed E-state index contributed by atoms with van der Waals surface area (Å²) in [5.74, 6) is -0.356. The maximum Gasteiger partial charge on any atom is 0.293 e. The molecule has 0 spiro atoms. The Morgan fingerprint density at radius 1 is 1.17 bits per heavy atom. The lowest BCUT2D eigenvalue weighted by molar-refractivity contribution is -0.384. The Kier molecular flexibility index (Phi) is 7.13. The van der Waals surface area contributed by atoms with E-state index in [1.54, 1.807) is 50.2 Å². The number of ether oxygens (including phenoxy) is 1. The molecule has 0 atom stereocenters. The van der Waals surface area contributed by atoms with E-state index >= 15 is 0 Å². The lowest BCUT2D eigenvalue weighted by Crippen LogP contribution is -2.38. The van der Waals surface area contributed by atoms with Crippen molar-refractivity contribution >= 4 is 28.9 Å². The molecule has 0 unspecified atom stereocenters. The van der Waals surface area contributed by atoms with Gasteiger partial charge in [0.05, 0.1) is 17.7 Å². The third-order valence-electron chi connectivity index (χ3n) is 4.29. The van der Waals surface area contributed by atoms with Gasteiger partial charge in [-0.15, -0.1) is 0 Å². The van der Waals surface area contributed by atoms with Crippen LogP contribution in [0.3, 0.4) is 0 Å². The molecule has 9 heteroatoms. The molecular weight excluding hydrogens is 376 g/mol. The Morgan fingerprint density at radius 2 is 1.86 bits per heavy atom. The molecule has 0 aromatic heterocycles. The smallest absolute Gasteiger partial charge is 0.293 e. The summed E-state index contributed by atoms with van der Waals surface area (Å²) in [6, 6.07) is 11.2. The van der Waals surface area contributed by atoms with Crippen molar-refractivity contribution in [3.63, 3.8) is 0 Å². The summed E-state index contributed by atoms with van der Waals surface area (Å²) in [4.78, 5) is 39.0. The van der Waals surface area contributed by atoms with Gasteiger partial charge in [-0.1, -0.05) is 12.1 Å². The topological polar surface area (TPSA) is 105 Å². The third-order valence-corrected chi connectivity index (χ3v) is 4.29. The van der Waals surface area contributed by atoms with Gasteiger partial charge in [0.25, 0.3) is 11.6 Å². The molecule has 29 heavy (non-hydrogen) atoms. The first-order chi connectivity index (χ1) is 13.8. The normalized spacial score (nSPS) is 10.2. The molecule has 0 heterocycles. The minimum absolute atomic E-state index is 0.147. The van der Waals surface area contributed by atoms with Crippen LogP contribution >= 0.6 is 0 Å². The molecule has 0 radical (unpaired) electrons.